The lowest BCUT2D eigenvalue weighted by Gasteiger charge is -2.01. The van der Waals surface area contributed by atoms with E-state index in [9.17, 15) is 9.18 Å². The summed E-state index contributed by atoms with van der Waals surface area (Å²) in [5.41, 5.74) is 1.11. The van der Waals surface area contributed by atoms with Crippen LogP contribution >= 0.6 is 0 Å². The van der Waals surface area contributed by atoms with Gasteiger partial charge in [0.05, 0.1) is 5.52 Å². The molecule has 0 aliphatic heterocycles. The van der Waals surface area contributed by atoms with Gasteiger partial charge in [0.25, 0.3) is 0 Å². The molecule has 0 fully saturated rings. The molecule has 2 aromatic rings. The van der Waals surface area contributed by atoms with Crippen LogP contribution in [0.5, 0.6) is 0 Å². The van der Waals surface area contributed by atoms with Gasteiger partial charge in [-0.25, -0.2) is 4.39 Å². The van der Waals surface area contributed by atoms with E-state index in [0.717, 1.165) is 11.7 Å². The molecule has 1 aromatic carbocycles. The summed E-state index contributed by atoms with van der Waals surface area (Å²) in [6.45, 7) is 0. The predicted octanol–water partition coefficient (Wildman–Crippen LogP) is 2.44. The highest BCUT2D eigenvalue weighted by atomic mass is 19.1. The fourth-order valence-corrected chi connectivity index (χ4v) is 1.54. The van der Waals surface area contributed by atoms with Gasteiger partial charge in [0, 0.05) is 18.0 Å². The topological polar surface area (TPSA) is 32.9 Å². The third-order valence-corrected chi connectivity index (χ3v) is 2.28. The Morgan fingerprint density at radius 1 is 1.36 bits per heavy atom. The van der Waals surface area contributed by atoms with Crippen LogP contribution in [0.1, 0.15) is 12.0 Å². The lowest BCUT2D eigenvalue weighted by atomic mass is 10.1. The zero-order valence-electron chi connectivity index (χ0n) is 7.59. The first kappa shape index (κ1) is 8.94. The Kier molecular flexibility index (Phi) is 2.31. The minimum absolute atomic E-state index is 0.241. The van der Waals surface area contributed by atoms with Crippen molar-refractivity contribution < 1.29 is 9.18 Å². The highest BCUT2D eigenvalue weighted by molar-refractivity contribution is 5.80. The lowest BCUT2D eigenvalue weighted by Crippen LogP contribution is -1.92. The lowest BCUT2D eigenvalue weighted by molar-refractivity contribution is -0.107. The average molecular weight is 191 g/mol. The van der Waals surface area contributed by atoms with Crippen LogP contribution in [0.15, 0.2) is 24.4 Å². The molecule has 0 radical (unpaired) electrons. The third kappa shape index (κ3) is 1.41. The fourth-order valence-electron chi connectivity index (χ4n) is 1.54. The maximum Gasteiger partial charge on any atom is 0.150 e. The maximum absolute atomic E-state index is 13.7. The van der Waals surface area contributed by atoms with Crippen LogP contribution in [0.25, 0.3) is 10.9 Å². The highest BCUT2D eigenvalue weighted by Gasteiger charge is 2.07. The van der Waals surface area contributed by atoms with Crippen LogP contribution in [0, 0.1) is 5.82 Å². The van der Waals surface area contributed by atoms with Crippen LogP contribution in [0.4, 0.5) is 4.39 Å². The van der Waals surface area contributed by atoms with E-state index < -0.39 is 0 Å². The summed E-state index contributed by atoms with van der Waals surface area (Å²) in [4.78, 5) is 13.0. The molecule has 0 bridgehead atoms. The van der Waals surface area contributed by atoms with Crippen LogP contribution in [-0.2, 0) is 11.2 Å². The summed E-state index contributed by atoms with van der Waals surface area (Å²) in [6.07, 6.45) is 3.34. The minimum Gasteiger partial charge on any atom is -0.359 e. The van der Waals surface area contributed by atoms with E-state index in [4.69, 9.17) is 0 Å². The van der Waals surface area contributed by atoms with E-state index in [-0.39, 0.29) is 5.82 Å². The van der Waals surface area contributed by atoms with Crippen molar-refractivity contribution in [1.82, 2.24) is 4.98 Å². The zero-order valence-corrected chi connectivity index (χ0v) is 7.59. The Balaban J connectivity index is 2.45. The molecule has 0 spiro atoms. The van der Waals surface area contributed by atoms with Crippen molar-refractivity contribution in [1.29, 1.82) is 0 Å². The number of aromatic nitrogens is 1. The summed E-state index contributed by atoms with van der Waals surface area (Å²) in [7, 11) is 0. The van der Waals surface area contributed by atoms with Crippen LogP contribution < -0.4 is 0 Å². The maximum atomic E-state index is 13.7. The standard InChI is InChI=1S/C11H10FNO/c12-10-8(2-1-7-14)3-4-9-5-6-13-11(9)10/h3-7,13H,1-2H2. The molecule has 0 aliphatic rings. The number of benzene rings is 1. The van der Waals surface area contributed by atoms with E-state index in [1.54, 1.807) is 12.3 Å². The molecule has 1 heterocycles. The van der Waals surface area contributed by atoms with Crippen molar-refractivity contribution in [2.24, 2.45) is 0 Å². The van der Waals surface area contributed by atoms with Gasteiger partial charge in [-0.05, 0) is 18.1 Å². The Labute approximate surface area is 80.7 Å². The second-order valence-corrected chi connectivity index (χ2v) is 3.19. The number of rotatable bonds is 3. The Morgan fingerprint density at radius 3 is 3.00 bits per heavy atom. The first-order chi connectivity index (χ1) is 6.83. The number of carbonyl (C=O) groups is 1. The Bertz CT molecular complexity index is 461. The van der Waals surface area contributed by atoms with Gasteiger partial charge < -0.3 is 9.78 Å². The number of nitrogens with one attached hydrogen (secondary N) is 1. The smallest absolute Gasteiger partial charge is 0.150 e. The second-order valence-electron chi connectivity index (χ2n) is 3.19. The van der Waals surface area contributed by atoms with E-state index in [1.165, 1.54) is 0 Å². The van der Waals surface area contributed by atoms with Gasteiger partial charge in [0.15, 0.2) is 0 Å². The van der Waals surface area contributed by atoms with Gasteiger partial charge in [-0.2, -0.15) is 0 Å². The number of carbonyl (C=O) groups excluding carboxylic acids is 1. The number of H-pyrrole nitrogens is 1. The molecule has 1 N–H and O–H groups in total. The quantitative estimate of drug-likeness (QED) is 0.742. The van der Waals surface area contributed by atoms with Crippen molar-refractivity contribution in [3.63, 3.8) is 0 Å². The predicted molar refractivity (Wildman–Crippen MR) is 52.6 cm³/mol. The zero-order chi connectivity index (χ0) is 9.97. The average Bonchev–Trinajstić information content (AvgIpc) is 2.66. The number of aromatic amines is 1. The molecule has 14 heavy (non-hydrogen) atoms. The Hall–Kier alpha value is -1.64. The molecule has 0 unspecified atom stereocenters. The second kappa shape index (κ2) is 3.62. The number of halogens is 1. The molecule has 2 rings (SSSR count). The minimum atomic E-state index is -0.241. The number of hydrogen-bond donors (Lipinski definition) is 1. The summed E-state index contributed by atoms with van der Waals surface area (Å²) in [5.74, 6) is -0.241. The third-order valence-electron chi connectivity index (χ3n) is 2.28. The molecule has 1 aromatic heterocycles. The van der Waals surface area contributed by atoms with Crippen molar-refractivity contribution in [2.45, 2.75) is 12.8 Å². The molecule has 72 valence electrons. The van der Waals surface area contributed by atoms with Crippen molar-refractivity contribution in [2.75, 3.05) is 0 Å². The van der Waals surface area contributed by atoms with Gasteiger partial charge in [0.1, 0.15) is 12.1 Å². The van der Waals surface area contributed by atoms with Gasteiger partial charge >= 0.3 is 0 Å². The van der Waals surface area contributed by atoms with E-state index >= 15 is 0 Å². The SMILES string of the molecule is O=CCCc1ccc2cc[nH]c2c1F. The molecule has 0 amide bonds. The molecule has 3 heteroatoms. The number of aryl methyl sites for hydroxylation is 1. The molecule has 0 atom stereocenters. The summed E-state index contributed by atoms with van der Waals surface area (Å²) < 4.78 is 13.7. The van der Waals surface area contributed by atoms with Gasteiger partial charge in [-0.1, -0.05) is 12.1 Å². The van der Waals surface area contributed by atoms with Crippen LogP contribution in [0.3, 0.4) is 0 Å². The van der Waals surface area contributed by atoms with Crippen molar-refractivity contribution in [3.05, 3.63) is 35.8 Å². The molecule has 0 saturated carbocycles. The molecule has 0 aliphatic carbocycles. The molecule has 2 nitrogen and oxygen atoms in total. The molecular formula is C11H10FNO. The number of aldehydes is 1. The molecule has 0 saturated heterocycles. The summed E-state index contributed by atoms with van der Waals surface area (Å²) in [5, 5.41) is 0.859. The van der Waals surface area contributed by atoms with Crippen LogP contribution in [0.2, 0.25) is 0 Å². The summed E-state index contributed by atoms with van der Waals surface area (Å²) >= 11 is 0. The van der Waals surface area contributed by atoms with Crippen LogP contribution in [-0.4, -0.2) is 11.3 Å². The molecular weight excluding hydrogens is 181 g/mol. The van der Waals surface area contributed by atoms with Gasteiger partial charge in [-0.15, -0.1) is 0 Å². The fraction of sp³-hybridized carbons (Fsp3) is 0.182. The summed E-state index contributed by atoms with van der Waals surface area (Å²) in [6, 6.07) is 5.41. The van der Waals surface area contributed by atoms with Gasteiger partial charge in [0.2, 0.25) is 0 Å². The largest absolute Gasteiger partial charge is 0.359 e. The van der Waals surface area contributed by atoms with E-state index in [0.29, 0.717) is 23.9 Å². The van der Waals surface area contributed by atoms with E-state index in [2.05, 4.69) is 4.98 Å². The van der Waals surface area contributed by atoms with Crippen molar-refractivity contribution >= 4 is 17.2 Å². The first-order valence-electron chi connectivity index (χ1n) is 4.51. The van der Waals surface area contributed by atoms with E-state index in [1.807, 2.05) is 12.1 Å². The Morgan fingerprint density at radius 2 is 2.21 bits per heavy atom. The number of hydrogen-bond acceptors (Lipinski definition) is 1. The van der Waals surface area contributed by atoms with Crippen molar-refractivity contribution in [3.8, 4) is 0 Å². The first-order valence-corrected chi connectivity index (χ1v) is 4.51. The monoisotopic (exact) mass is 191 g/mol. The number of fused-ring (bicyclic) bond motifs is 1. The van der Waals surface area contributed by atoms with Gasteiger partial charge in [-0.3, -0.25) is 0 Å². The normalized spacial score (nSPS) is 10.6. The highest BCUT2D eigenvalue weighted by Crippen LogP contribution is 2.20.